The number of esters is 2. The van der Waals surface area contributed by atoms with E-state index >= 15 is 0 Å². The Labute approximate surface area is 157 Å². The van der Waals surface area contributed by atoms with Crippen molar-refractivity contribution in [3.8, 4) is 5.75 Å². The number of methoxy groups -OCH3 is 1. The Morgan fingerprint density at radius 1 is 1.04 bits per heavy atom. The van der Waals surface area contributed by atoms with Gasteiger partial charge in [0.2, 0.25) is 0 Å². The van der Waals surface area contributed by atoms with E-state index in [1.807, 2.05) is 19.1 Å². The number of benzene rings is 1. The molecule has 1 fully saturated rings. The molecular weight excluding hydrogens is 356 g/mol. The number of aliphatic carboxylic acids is 2. The van der Waals surface area contributed by atoms with Gasteiger partial charge in [0, 0.05) is 0 Å². The van der Waals surface area contributed by atoms with Crippen molar-refractivity contribution in [1.82, 2.24) is 0 Å². The molecule has 0 aliphatic heterocycles. The van der Waals surface area contributed by atoms with Crippen molar-refractivity contribution in [3.63, 3.8) is 0 Å². The van der Waals surface area contributed by atoms with Crippen molar-refractivity contribution in [2.45, 2.75) is 39.0 Å². The molecule has 27 heavy (non-hydrogen) atoms. The highest BCUT2D eigenvalue weighted by Crippen LogP contribution is 2.32. The van der Waals surface area contributed by atoms with Gasteiger partial charge in [-0.05, 0) is 31.4 Å². The maximum atomic E-state index is 11.2. The Morgan fingerprint density at radius 2 is 1.67 bits per heavy atom. The highest BCUT2D eigenvalue weighted by molar-refractivity contribution is 5.81. The van der Waals surface area contributed by atoms with E-state index < -0.39 is 29.7 Å². The Bertz CT molecular complexity index is 682. The second-order valence-electron chi connectivity index (χ2n) is 6.14. The predicted molar refractivity (Wildman–Crippen MR) is 94.2 cm³/mol. The molecule has 0 amide bonds. The van der Waals surface area contributed by atoms with Gasteiger partial charge in [0.1, 0.15) is 5.75 Å². The molecule has 8 nitrogen and oxygen atoms in total. The first-order valence-corrected chi connectivity index (χ1v) is 8.55. The highest BCUT2D eigenvalue weighted by Gasteiger charge is 2.38. The number of carbonyl (C=O) groups excluding carboxylic acids is 2. The van der Waals surface area contributed by atoms with Crippen molar-refractivity contribution in [1.29, 1.82) is 0 Å². The van der Waals surface area contributed by atoms with E-state index in [2.05, 4.69) is 4.74 Å². The van der Waals surface area contributed by atoms with Gasteiger partial charge in [-0.25, -0.2) is 0 Å². The number of aryl methyl sites for hydroxylation is 1. The largest absolute Gasteiger partial charge is 0.481 e. The molecule has 2 rings (SSSR count). The zero-order valence-electron chi connectivity index (χ0n) is 15.3. The van der Waals surface area contributed by atoms with Crippen molar-refractivity contribution in [3.05, 3.63) is 29.8 Å². The molecule has 8 heteroatoms. The molecule has 0 radical (unpaired) electrons. The fourth-order valence-corrected chi connectivity index (χ4v) is 2.74. The molecule has 0 saturated heterocycles. The number of para-hydroxylation sites is 1. The van der Waals surface area contributed by atoms with Crippen LogP contribution in [0.2, 0.25) is 0 Å². The number of carboxylic acid groups (broad SMARTS) is 2. The molecule has 1 aliphatic carbocycles. The number of carboxylic acids is 2. The third kappa shape index (κ3) is 7.47. The maximum Gasteiger partial charge on any atom is 0.311 e. The van der Waals surface area contributed by atoms with Crippen LogP contribution in [0.15, 0.2) is 24.3 Å². The van der Waals surface area contributed by atoms with Crippen LogP contribution in [0.5, 0.6) is 5.75 Å². The van der Waals surface area contributed by atoms with E-state index in [0.29, 0.717) is 18.6 Å². The van der Waals surface area contributed by atoms with Crippen LogP contribution in [0.25, 0.3) is 0 Å². The summed E-state index contributed by atoms with van der Waals surface area (Å²) in [5.74, 6) is -3.27. The van der Waals surface area contributed by atoms with Crippen LogP contribution in [0.1, 0.15) is 37.7 Å². The minimum atomic E-state index is -1.00. The van der Waals surface area contributed by atoms with Gasteiger partial charge in [0.25, 0.3) is 0 Å². The molecule has 1 aliphatic rings. The molecular formula is C19H24O8. The van der Waals surface area contributed by atoms with Crippen molar-refractivity contribution < 1.29 is 38.9 Å². The lowest BCUT2D eigenvalue weighted by Crippen LogP contribution is -2.26. The van der Waals surface area contributed by atoms with E-state index in [1.54, 1.807) is 12.1 Å². The third-order valence-corrected chi connectivity index (χ3v) is 4.20. The summed E-state index contributed by atoms with van der Waals surface area (Å²) in [6.07, 6.45) is 1.73. The summed E-state index contributed by atoms with van der Waals surface area (Å²) in [6, 6.07) is 7.09. The van der Waals surface area contributed by atoms with E-state index in [1.165, 1.54) is 7.11 Å². The summed E-state index contributed by atoms with van der Waals surface area (Å²) in [5, 5.41) is 17.1. The fourth-order valence-electron chi connectivity index (χ4n) is 2.74. The Morgan fingerprint density at radius 3 is 2.22 bits per heavy atom. The van der Waals surface area contributed by atoms with Gasteiger partial charge in [0.15, 0.2) is 0 Å². The molecule has 2 N–H and O–H groups in total. The Kier molecular flexibility index (Phi) is 8.98. The normalized spacial score (nSPS) is 18.0. The van der Waals surface area contributed by atoms with Crippen molar-refractivity contribution in [2.75, 3.05) is 7.11 Å². The molecule has 0 bridgehead atoms. The van der Waals surface area contributed by atoms with Gasteiger partial charge < -0.3 is 19.7 Å². The smallest absolute Gasteiger partial charge is 0.311 e. The van der Waals surface area contributed by atoms with Crippen molar-refractivity contribution >= 4 is 23.9 Å². The van der Waals surface area contributed by atoms with Crippen LogP contribution < -0.4 is 4.74 Å². The minimum absolute atomic E-state index is 0.107. The van der Waals surface area contributed by atoms with Crippen LogP contribution in [0.3, 0.4) is 0 Å². The first kappa shape index (κ1) is 22.1. The van der Waals surface area contributed by atoms with Crippen molar-refractivity contribution in [2.24, 2.45) is 11.8 Å². The Balaban J connectivity index is 0.000000277. The topological polar surface area (TPSA) is 127 Å². The monoisotopic (exact) mass is 380 g/mol. The lowest BCUT2D eigenvalue weighted by atomic mass is 9.97. The van der Waals surface area contributed by atoms with Crippen LogP contribution in [0.4, 0.5) is 0 Å². The summed E-state index contributed by atoms with van der Waals surface area (Å²) in [6.45, 7) is 1.82. The molecule has 0 unspecified atom stereocenters. The second-order valence-corrected chi connectivity index (χ2v) is 6.14. The van der Waals surface area contributed by atoms with Gasteiger partial charge in [-0.2, -0.15) is 0 Å². The second kappa shape index (κ2) is 10.9. The number of hydrogen-bond donors (Lipinski definition) is 2. The predicted octanol–water partition coefficient (Wildman–Crippen LogP) is 2.43. The first-order chi connectivity index (χ1) is 12.8. The molecule has 0 aromatic heterocycles. The van der Waals surface area contributed by atoms with Crippen LogP contribution >= 0.6 is 0 Å². The lowest BCUT2D eigenvalue weighted by molar-refractivity contribution is -0.154. The van der Waals surface area contributed by atoms with Crippen LogP contribution in [-0.4, -0.2) is 41.2 Å². The standard InChI is InChI=1S/C11H12O4.C8H12O4/c1-8-4-2-3-5-9(8)15-11(14)7-6-10(12)13;1-12-8(11)6-4-2-3-5(6)7(9)10/h2-5H,6-7H2,1H3,(H,12,13);5-6H,2-4H2,1H3,(H,9,10)/t;5-,6+/m.1/s1. The highest BCUT2D eigenvalue weighted by atomic mass is 16.5. The maximum absolute atomic E-state index is 11.2. The molecule has 1 aromatic carbocycles. The molecule has 1 saturated carbocycles. The quantitative estimate of drug-likeness (QED) is 0.569. The van der Waals surface area contributed by atoms with E-state index in [4.69, 9.17) is 14.9 Å². The number of hydrogen-bond acceptors (Lipinski definition) is 6. The third-order valence-electron chi connectivity index (χ3n) is 4.20. The van der Waals surface area contributed by atoms with Gasteiger partial charge >= 0.3 is 23.9 Å². The van der Waals surface area contributed by atoms with Gasteiger partial charge in [-0.15, -0.1) is 0 Å². The SMILES string of the molecule is COC(=O)[C@H]1CCC[C@H]1C(=O)O.Cc1ccccc1OC(=O)CCC(=O)O. The minimum Gasteiger partial charge on any atom is -0.481 e. The first-order valence-electron chi connectivity index (χ1n) is 8.55. The Hall–Kier alpha value is -2.90. The van der Waals surface area contributed by atoms with Gasteiger partial charge in [-0.1, -0.05) is 24.6 Å². The number of rotatable bonds is 6. The van der Waals surface area contributed by atoms with E-state index in [-0.39, 0.29) is 18.8 Å². The summed E-state index contributed by atoms with van der Waals surface area (Å²) in [4.78, 5) is 43.1. The molecule has 148 valence electrons. The number of carbonyl (C=O) groups is 4. The lowest BCUT2D eigenvalue weighted by Gasteiger charge is -2.12. The fraction of sp³-hybridized carbons (Fsp3) is 0.474. The summed E-state index contributed by atoms with van der Waals surface area (Å²) < 4.78 is 9.51. The molecule has 1 aromatic rings. The molecule has 0 heterocycles. The zero-order chi connectivity index (χ0) is 20.4. The van der Waals surface area contributed by atoms with E-state index in [0.717, 1.165) is 12.0 Å². The molecule has 2 atom stereocenters. The van der Waals surface area contributed by atoms with Crippen LogP contribution in [0, 0.1) is 18.8 Å². The summed E-state index contributed by atoms with van der Waals surface area (Å²) in [5.41, 5.74) is 0.848. The molecule has 0 spiro atoms. The van der Waals surface area contributed by atoms with Gasteiger partial charge in [0.05, 0.1) is 31.8 Å². The summed E-state index contributed by atoms with van der Waals surface area (Å²) in [7, 11) is 1.29. The number of ether oxygens (including phenoxy) is 2. The zero-order valence-corrected chi connectivity index (χ0v) is 15.3. The van der Waals surface area contributed by atoms with Gasteiger partial charge in [-0.3, -0.25) is 19.2 Å². The summed E-state index contributed by atoms with van der Waals surface area (Å²) >= 11 is 0. The average molecular weight is 380 g/mol. The van der Waals surface area contributed by atoms with E-state index in [9.17, 15) is 19.2 Å². The van der Waals surface area contributed by atoms with Crippen LogP contribution in [-0.2, 0) is 23.9 Å². The average Bonchev–Trinajstić information content (AvgIpc) is 3.12.